The van der Waals surface area contributed by atoms with Crippen molar-refractivity contribution in [1.29, 1.82) is 0 Å². The van der Waals surface area contributed by atoms with Crippen LogP contribution in [0.3, 0.4) is 0 Å². The quantitative estimate of drug-likeness (QED) is 0.585. The van der Waals surface area contributed by atoms with Gasteiger partial charge in [0.2, 0.25) is 0 Å². The maximum absolute atomic E-state index is 9.14. The number of rotatable bonds is 1. The first-order valence-corrected chi connectivity index (χ1v) is 3.09. The van der Waals surface area contributed by atoms with E-state index in [0.29, 0.717) is 5.69 Å². The van der Waals surface area contributed by atoms with Crippen molar-refractivity contribution in [2.24, 2.45) is 12.8 Å². The highest BCUT2D eigenvalue weighted by Gasteiger charge is 2.09. The molecule has 0 radical (unpaired) electrons. The molecule has 1 rings (SSSR count). The first kappa shape index (κ1) is 7.08. The molecule has 1 heterocycles. The predicted molar refractivity (Wildman–Crippen MR) is 37.5 cm³/mol. The Morgan fingerprint density at radius 3 is 2.60 bits per heavy atom. The summed E-state index contributed by atoms with van der Waals surface area (Å²) in [6.45, 7) is 1.78. The zero-order valence-electron chi connectivity index (χ0n) is 6.07. The average molecular weight is 141 g/mol. The van der Waals surface area contributed by atoms with Crippen LogP contribution in [0, 0.1) is 0 Å². The van der Waals surface area contributed by atoms with Crippen molar-refractivity contribution in [2.75, 3.05) is 0 Å². The number of hydrogen-bond acceptors (Lipinski definition) is 3. The van der Waals surface area contributed by atoms with E-state index in [1.54, 1.807) is 14.0 Å². The summed E-state index contributed by atoms with van der Waals surface area (Å²) < 4.78 is 1.54. The molecule has 0 amide bonds. The molecule has 0 aliphatic rings. The van der Waals surface area contributed by atoms with Crippen LogP contribution in [-0.2, 0) is 7.05 Å². The maximum atomic E-state index is 9.14. The summed E-state index contributed by atoms with van der Waals surface area (Å²) in [6.07, 6.45) is 1.53. The lowest BCUT2D eigenvalue weighted by atomic mass is 10.2. The van der Waals surface area contributed by atoms with Gasteiger partial charge in [-0.25, -0.2) is 0 Å². The van der Waals surface area contributed by atoms with Crippen molar-refractivity contribution >= 4 is 0 Å². The first-order chi connectivity index (χ1) is 4.61. The molecular formula is C6H11N3O. The van der Waals surface area contributed by atoms with E-state index in [1.807, 2.05) is 0 Å². The number of aryl methyl sites for hydroxylation is 1. The number of nitrogens with two attached hydrogens (primary N) is 1. The minimum atomic E-state index is -0.207. The van der Waals surface area contributed by atoms with Gasteiger partial charge in [0.25, 0.3) is 0 Å². The van der Waals surface area contributed by atoms with Crippen LogP contribution >= 0.6 is 0 Å². The molecule has 56 valence electrons. The Morgan fingerprint density at radius 1 is 1.80 bits per heavy atom. The van der Waals surface area contributed by atoms with Crippen LogP contribution in [0.1, 0.15) is 18.7 Å². The Bertz CT molecular complexity index is 229. The molecule has 0 spiro atoms. The smallest absolute Gasteiger partial charge is 0.158 e. The molecule has 1 unspecified atom stereocenters. The molecule has 0 aromatic carbocycles. The van der Waals surface area contributed by atoms with Crippen molar-refractivity contribution in [3.63, 3.8) is 0 Å². The van der Waals surface area contributed by atoms with E-state index in [2.05, 4.69) is 5.10 Å². The molecule has 0 aliphatic heterocycles. The van der Waals surface area contributed by atoms with Gasteiger partial charge in [0.1, 0.15) is 5.69 Å². The zero-order valence-corrected chi connectivity index (χ0v) is 6.07. The Labute approximate surface area is 59.3 Å². The summed E-state index contributed by atoms with van der Waals surface area (Å²) in [4.78, 5) is 0. The highest BCUT2D eigenvalue weighted by Crippen LogP contribution is 2.18. The molecule has 10 heavy (non-hydrogen) atoms. The molecule has 1 aromatic rings. The average Bonchev–Trinajstić information content (AvgIpc) is 2.10. The van der Waals surface area contributed by atoms with Gasteiger partial charge in [-0.15, -0.1) is 0 Å². The van der Waals surface area contributed by atoms with E-state index in [9.17, 15) is 0 Å². The molecule has 4 nitrogen and oxygen atoms in total. The number of nitrogens with zero attached hydrogens (tertiary/aromatic N) is 2. The van der Waals surface area contributed by atoms with Crippen molar-refractivity contribution in [3.05, 3.63) is 11.9 Å². The molecule has 4 heteroatoms. The molecule has 0 saturated carbocycles. The summed E-state index contributed by atoms with van der Waals surface area (Å²) in [7, 11) is 1.74. The van der Waals surface area contributed by atoms with Crippen LogP contribution in [0.25, 0.3) is 0 Å². The van der Waals surface area contributed by atoms with Gasteiger partial charge in [-0.05, 0) is 6.92 Å². The van der Waals surface area contributed by atoms with Crippen LogP contribution in [0.2, 0.25) is 0 Å². The fourth-order valence-corrected chi connectivity index (χ4v) is 0.817. The van der Waals surface area contributed by atoms with Crippen molar-refractivity contribution < 1.29 is 5.11 Å². The molecule has 1 atom stereocenters. The van der Waals surface area contributed by atoms with Gasteiger partial charge < -0.3 is 10.8 Å². The topological polar surface area (TPSA) is 64.1 Å². The van der Waals surface area contributed by atoms with Gasteiger partial charge in [-0.2, -0.15) is 5.10 Å². The van der Waals surface area contributed by atoms with Gasteiger partial charge in [-0.3, -0.25) is 4.68 Å². The Morgan fingerprint density at radius 2 is 2.40 bits per heavy atom. The van der Waals surface area contributed by atoms with Crippen molar-refractivity contribution in [1.82, 2.24) is 9.78 Å². The van der Waals surface area contributed by atoms with Gasteiger partial charge in [0, 0.05) is 13.1 Å². The summed E-state index contributed by atoms with van der Waals surface area (Å²) in [5.41, 5.74) is 6.04. The lowest BCUT2D eigenvalue weighted by molar-refractivity contribution is 0.463. The Balaban J connectivity index is 3.03. The van der Waals surface area contributed by atoms with Crippen LogP contribution in [0.5, 0.6) is 5.75 Å². The van der Waals surface area contributed by atoms with E-state index in [-0.39, 0.29) is 11.8 Å². The van der Waals surface area contributed by atoms with Gasteiger partial charge in [-0.1, -0.05) is 0 Å². The monoisotopic (exact) mass is 141 g/mol. The maximum Gasteiger partial charge on any atom is 0.158 e. The van der Waals surface area contributed by atoms with E-state index in [0.717, 1.165) is 0 Å². The van der Waals surface area contributed by atoms with E-state index >= 15 is 0 Å². The lowest BCUT2D eigenvalue weighted by Crippen LogP contribution is -2.06. The Kier molecular flexibility index (Phi) is 1.63. The summed E-state index contributed by atoms with van der Waals surface area (Å²) in [6, 6.07) is -0.207. The fraction of sp³-hybridized carbons (Fsp3) is 0.500. The predicted octanol–water partition coefficient (Wildman–Crippen LogP) is 0.145. The number of aromatic nitrogens is 2. The molecule has 1 aromatic heterocycles. The van der Waals surface area contributed by atoms with E-state index in [4.69, 9.17) is 10.8 Å². The number of aromatic hydroxyl groups is 1. The van der Waals surface area contributed by atoms with E-state index in [1.165, 1.54) is 10.9 Å². The second-order valence-electron chi connectivity index (χ2n) is 2.36. The zero-order chi connectivity index (χ0) is 7.72. The number of hydrogen-bond donors (Lipinski definition) is 2. The SMILES string of the molecule is CC(N)c1nn(C)cc1O. The molecule has 0 bridgehead atoms. The second-order valence-corrected chi connectivity index (χ2v) is 2.36. The normalized spacial score (nSPS) is 13.5. The molecule has 0 saturated heterocycles. The summed E-state index contributed by atoms with van der Waals surface area (Å²) in [5, 5.41) is 13.1. The molecular weight excluding hydrogens is 130 g/mol. The van der Waals surface area contributed by atoms with Gasteiger partial charge in [0.05, 0.1) is 6.20 Å². The van der Waals surface area contributed by atoms with Crippen LogP contribution in [-0.4, -0.2) is 14.9 Å². The van der Waals surface area contributed by atoms with Crippen LogP contribution < -0.4 is 5.73 Å². The van der Waals surface area contributed by atoms with Gasteiger partial charge >= 0.3 is 0 Å². The first-order valence-electron chi connectivity index (χ1n) is 3.09. The lowest BCUT2D eigenvalue weighted by Gasteiger charge is -1.98. The van der Waals surface area contributed by atoms with E-state index < -0.39 is 0 Å². The van der Waals surface area contributed by atoms with Gasteiger partial charge in [0.15, 0.2) is 5.75 Å². The minimum Gasteiger partial charge on any atom is -0.504 e. The third-order valence-electron chi connectivity index (χ3n) is 1.27. The Hall–Kier alpha value is -1.03. The van der Waals surface area contributed by atoms with Crippen LogP contribution in [0.4, 0.5) is 0 Å². The highest BCUT2D eigenvalue weighted by atomic mass is 16.3. The van der Waals surface area contributed by atoms with Crippen molar-refractivity contribution in [3.8, 4) is 5.75 Å². The summed E-state index contributed by atoms with van der Waals surface area (Å²) >= 11 is 0. The third kappa shape index (κ3) is 1.11. The summed E-state index contributed by atoms with van der Waals surface area (Å²) in [5.74, 6) is 0.164. The second kappa shape index (κ2) is 2.30. The molecule has 3 N–H and O–H groups in total. The third-order valence-corrected chi connectivity index (χ3v) is 1.27. The van der Waals surface area contributed by atoms with Crippen LogP contribution in [0.15, 0.2) is 6.20 Å². The molecule has 0 fully saturated rings. The minimum absolute atomic E-state index is 0.164. The highest BCUT2D eigenvalue weighted by molar-refractivity contribution is 5.24. The molecule has 0 aliphatic carbocycles. The van der Waals surface area contributed by atoms with Crippen molar-refractivity contribution in [2.45, 2.75) is 13.0 Å². The fourth-order valence-electron chi connectivity index (χ4n) is 0.817. The largest absolute Gasteiger partial charge is 0.504 e. The standard InChI is InChI=1S/C6H11N3O/c1-4(7)6-5(10)3-9(2)8-6/h3-4,10H,7H2,1-2H3.